The van der Waals surface area contributed by atoms with Crippen molar-refractivity contribution < 1.29 is 9.47 Å². The Morgan fingerprint density at radius 3 is 1.50 bits per heavy atom. The van der Waals surface area contributed by atoms with Crippen LogP contribution >= 0.6 is 31.9 Å². The lowest BCUT2D eigenvalue weighted by Gasteiger charge is -1.98. The Bertz CT molecular complexity index is 169. The number of alkyl halides is 2. The van der Waals surface area contributed by atoms with Crippen LogP contribution in [0.15, 0.2) is 0 Å². The predicted octanol–water partition coefficient (Wildman–Crippen LogP) is 3.37. The van der Waals surface area contributed by atoms with Crippen LogP contribution in [-0.4, -0.2) is 37.1 Å². The molecular formula is C12H20Br2O2. The summed E-state index contributed by atoms with van der Waals surface area (Å²) in [5.41, 5.74) is 0. The van der Waals surface area contributed by atoms with Crippen molar-refractivity contribution in [3.05, 3.63) is 0 Å². The van der Waals surface area contributed by atoms with Crippen LogP contribution in [-0.2, 0) is 9.47 Å². The number of hydrogen-bond donors (Lipinski definition) is 0. The van der Waals surface area contributed by atoms with E-state index in [4.69, 9.17) is 9.47 Å². The quantitative estimate of drug-likeness (QED) is 0.340. The lowest BCUT2D eigenvalue weighted by atomic mass is 10.4. The summed E-state index contributed by atoms with van der Waals surface area (Å²) < 4.78 is 10.6. The summed E-state index contributed by atoms with van der Waals surface area (Å²) in [6.45, 7) is 2.64. The highest BCUT2D eigenvalue weighted by Crippen LogP contribution is 1.94. The molecule has 0 N–H and O–H groups in total. The van der Waals surface area contributed by atoms with E-state index in [1.54, 1.807) is 0 Å². The van der Waals surface area contributed by atoms with Crippen LogP contribution < -0.4 is 0 Å². The Morgan fingerprint density at radius 1 is 0.688 bits per heavy atom. The van der Waals surface area contributed by atoms with Crippen molar-refractivity contribution in [1.82, 2.24) is 0 Å². The maximum atomic E-state index is 5.32. The van der Waals surface area contributed by atoms with Gasteiger partial charge in [0, 0.05) is 23.9 Å². The fourth-order valence-corrected chi connectivity index (χ4v) is 1.74. The summed E-state index contributed by atoms with van der Waals surface area (Å²) >= 11 is 6.75. The van der Waals surface area contributed by atoms with Crippen molar-refractivity contribution in [2.75, 3.05) is 37.1 Å². The molecule has 16 heavy (non-hydrogen) atoms. The highest BCUT2D eigenvalue weighted by Gasteiger charge is 1.87. The van der Waals surface area contributed by atoms with E-state index < -0.39 is 0 Å². The first-order chi connectivity index (χ1) is 7.91. The van der Waals surface area contributed by atoms with Crippen molar-refractivity contribution in [3.8, 4) is 11.8 Å². The molecule has 0 rings (SSSR count). The monoisotopic (exact) mass is 354 g/mol. The van der Waals surface area contributed by atoms with Crippen LogP contribution in [0.5, 0.6) is 0 Å². The highest BCUT2D eigenvalue weighted by atomic mass is 79.9. The van der Waals surface area contributed by atoms with Crippen molar-refractivity contribution >= 4 is 31.9 Å². The summed E-state index contributed by atoms with van der Waals surface area (Å²) in [4.78, 5) is 0. The molecule has 0 amide bonds. The van der Waals surface area contributed by atoms with E-state index in [1.807, 2.05) is 0 Å². The van der Waals surface area contributed by atoms with Gasteiger partial charge in [0.05, 0.1) is 0 Å². The molecule has 0 radical (unpaired) electrons. The summed E-state index contributed by atoms with van der Waals surface area (Å²) in [7, 11) is 0. The van der Waals surface area contributed by atoms with Crippen LogP contribution in [0.2, 0.25) is 0 Å². The normalized spacial score (nSPS) is 9.88. The molecule has 0 aromatic heterocycles. The van der Waals surface area contributed by atoms with E-state index in [2.05, 4.69) is 43.7 Å². The van der Waals surface area contributed by atoms with Crippen molar-refractivity contribution in [3.63, 3.8) is 0 Å². The van der Waals surface area contributed by atoms with E-state index in [1.165, 1.54) is 0 Å². The van der Waals surface area contributed by atoms with E-state index in [0.717, 1.165) is 49.6 Å². The summed E-state index contributed by atoms with van der Waals surface area (Å²) in [6, 6.07) is 0. The lowest BCUT2D eigenvalue weighted by molar-refractivity contribution is 0.158. The van der Waals surface area contributed by atoms with Gasteiger partial charge in [-0.3, -0.25) is 0 Å². The van der Waals surface area contributed by atoms with Gasteiger partial charge in [0.1, 0.15) is 13.2 Å². The Labute approximate surface area is 116 Å². The van der Waals surface area contributed by atoms with Gasteiger partial charge in [-0.15, -0.1) is 0 Å². The Hall–Kier alpha value is 0.440. The van der Waals surface area contributed by atoms with Gasteiger partial charge in [0.25, 0.3) is 0 Å². The number of rotatable bonds is 10. The fraction of sp³-hybridized carbons (Fsp3) is 0.833. The molecule has 0 fully saturated rings. The molecule has 0 aromatic carbocycles. The van der Waals surface area contributed by atoms with Crippen molar-refractivity contribution in [2.24, 2.45) is 0 Å². The van der Waals surface area contributed by atoms with E-state index >= 15 is 0 Å². The molecule has 4 heteroatoms. The molecule has 0 atom stereocenters. The van der Waals surface area contributed by atoms with E-state index in [9.17, 15) is 0 Å². The van der Waals surface area contributed by atoms with Gasteiger partial charge in [-0.1, -0.05) is 43.7 Å². The highest BCUT2D eigenvalue weighted by molar-refractivity contribution is 9.09. The van der Waals surface area contributed by atoms with Gasteiger partial charge in [0.2, 0.25) is 0 Å². The molecule has 0 unspecified atom stereocenters. The molecule has 0 aliphatic heterocycles. The van der Waals surface area contributed by atoms with Crippen LogP contribution in [0.1, 0.15) is 25.7 Å². The predicted molar refractivity (Wildman–Crippen MR) is 75.5 cm³/mol. The topological polar surface area (TPSA) is 18.5 Å². The molecule has 0 heterocycles. The van der Waals surface area contributed by atoms with Gasteiger partial charge >= 0.3 is 0 Å². The maximum Gasteiger partial charge on any atom is 0.107 e. The minimum absolute atomic E-state index is 0.521. The zero-order valence-electron chi connectivity index (χ0n) is 9.64. The Morgan fingerprint density at radius 2 is 1.12 bits per heavy atom. The largest absolute Gasteiger partial charge is 0.369 e. The first-order valence-electron chi connectivity index (χ1n) is 5.65. The maximum absolute atomic E-state index is 5.32. The molecule has 0 saturated heterocycles. The average Bonchev–Trinajstić information content (AvgIpc) is 2.31. The molecule has 0 aromatic rings. The Balaban J connectivity index is 3.04. The molecule has 0 aliphatic rings. The third-order valence-corrected chi connectivity index (χ3v) is 2.94. The summed E-state index contributed by atoms with van der Waals surface area (Å²) in [5.74, 6) is 5.87. The smallest absolute Gasteiger partial charge is 0.107 e. The van der Waals surface area contributed by atoms with E-state index in [-0.39, 0.29) is 0 Å². The molecule has 2 nitrogen and oxygen atoms in total. The number of unbranched alkanes of at least 4 members (excludes halogenated alkanes) is 2. The third-order valence-electron chi connectivity index (χ3n) is 1.82. The van der Waals surface area contributed by atoms with Crippen molar-refractivity contribution in [2.45, 2.75) is 25.7 Å². The molecule has 0 bridgehead atoms. The second-order valence-corrected chi connectivity index (χ2v) is 4.84. The first-order valence-corrected chi connectivity index (χ1v) is 7.89. The van der Waals surface area contributed by atoms with Crippen LogP contribution in [0.4, 0.5) is 0 Å². The van der Waals surface area contributed by atoms with Gasteiger partial charge < -0.3 is 9.47 Å². The second kappa shape index (κ2) is 15.4. The minimum Gasteiger partial charge on any atom is -0.369 e. The van der Waals surface area contributed by atoms with Crippen LogP contribution in [0.3, 0.4) is 0 Å². The third kappa shape index (κ3) is 14.4. The fourth-order valence-electron chi connectivity index (χ4n) is 0.946. The van der Waals surface area contributed by atoms with Gasteiger partial charge in [-0.2, -0.15) is 0 Å². The molecule has 0 aliphatic carbocycles. The lowest BCUT2D eigenvalue weighted by Crippen LogP contribution is -1.97. The summed E-state index contributed by atoms with van der Waals surface area (Å²) in [6.07, 6.45) is 4.50. The number of hydrogen-bond acceptors (Lipinski definition) is 2. The van der Waals surface area contributed by atoms with Gasteiger partial charge in [-0.25, -0.2) is 0 Å². The molecular weight excluding hydrogens is 336 g/mol. The first kappa shape index (κ1) is 16.4. The number of halogens is 2. The van der Waals surface area contributed by atoms with Crippen molar-refractivity contribution in [1.29, 1.82) is 0 Å². The van der Waals surface area contributed by atoms with Crippen LogP contribution in [0.25, 0.3) is 0 Å². The molecule has 94 valence electrons. The summed E-state index contributed by atoms with van der Waals surface area (Å²) in [5, 5.41) is 2.09. The molecule has 0 saturated carbocycles. The zero-order valence-corrected chi connectivity index (χ0v) is 12.8. The zero-order chi connectivity index (χ0) is 11.9. The number of ether oxygens (including phenoxy) is 2. The van der Waals surface area contributed by atoms with Gasteiger partial charge in [0.15, 0.2) is 0 Å². The minimum atomic E-state index is 0.521. The van der Waals surface area contributed by atoms with Crippen LogP contribution in [0, 0.1) is 11.8 Å². The Kier molecular flexibility index (Phi) is 15.9. The average molecular weight is 356 g/mol. The molecule has 0 spiro atoms. The van der Waals surface area contributed by atoms with E-state index in [0.29, 0.717) is 13.2 Å². The van der Waals surface area contributed by atoms with Gasteiger partial charge in [-0.05, 0) is 25.7 Å². The SMILES string of the molecule is BrCCCCOCC#CCOCCCCBr. The second-order valence-electron chi connectivity index (χ2n) is 3.25. The standard InChI is InChI=1S/C12H20Br2O2/c13-7-1-3-9-15-11-5-6-12-16-10-4-2-8-14/h1-4,7-12H2.